The molecule has 3 N–H and O–H groups in total. The lowest BCUT2D eigenvalue weighted by Crippen LogP contribution is -2.16. The van der Waals surface area contributed by atoms with Gasteiger partial charge in [-0.1, -0.05) is 23.8 Å². The number of unbranched alkanes of at least 4 members (excludes halogenated alkanes) is 1. The number of ketones is 1. The minimum Gasteiger partial charge on any atom is -0.507 e. The van der Waals surface area contributed by atoms with Gasteiger partial charge in [0, 0.05) is 25.1 Å². The summed E-state index contributed by atoms with van der Waals surface area (Å²) in [5, 5.41) is 20.6. The van der Waals surface area contributed by atoms with Crippen molar-refractivity contribution < 1.29 is 33.0 Å². The Balaban J connectivity index is 2.80. The van der Waals surface area contributed by atoms with Gasteiger partial charge >= 0.3 is 11.7 Å². The third-order valence-electron chi connectivity index (χ3n) is 4.06. The van der Waals surface area contributed by atoms with E-state index in [0.717, 1.165) is 0 Å². The SMILES string of the molecule is CC(=CC=C(C)C(=O)c1c(O)cc(CCCC=CNC(=O)O)oc1=O)CCC(F)F. The van der Waals surface area contributed by atoms with Crippen LogP contribution in [-0.2, 0) is 6.42 Å². The maximum atomic E-state index is 12.5. The molecule has 1 amide bonds. The Hall–Kier alpha value is -3.23. The molecule has 7 nitrogen and oxygen atoms in total. The highest BCUT2D eigenvalue weighted by Crippen LogP contribution is 2.20. The van der Waals surface area contributed by atoms with Crippen LogP contribution >= 0.6 is 0 Å². The summed E-state index contributed by atoms with van der Waals surface area (Å²) in [4.78, 5) is 34.9. The van der Waals surface area contributed by atoms with Gasteiger partial charge in [-0.15, -0.1) is 0 Å². The highest BCUT2D eigenvalue weighted by Gasteiger charge is 2.20. The molecule has 0 saturated heterocycles. The number of allylic oxidation sites excluding steroid dienone is 5. The molecule has 0 bridgehead atoms. The predicted molar refractivity (Wildman–Crippen MR) is 107 cm³/mol. The van der Waals surface area contributed by atoms with E-state index in [-0.39, 0.29) is 24.2 Å². The van der Waals surface area contributed by atoms with E-state index in [1.165, 1.54) is 31.3 Å². The number of carbonyl (C=O) groups excluding carboxylic acids is 1. The van der Waals surface area contributed by atoms with Crippen LogP contribution in [0.5, 0.6) is 5.75 Å². The van der Waals surface area contributed by atoms with Gasteiger partial charge in [-0.25, -0.2) is 18.4 Å². The van der Waals surface area contributed by atoms with E-state index in [1.54, 1.807) is 13.0 Å². The largest absolute Gasteiger partial charge is 0.507 e. The Kier molecular flexibility index (Phi) is 10.2. The van der Waals surface area contributed by atoms with Gasteiger partial charge < -0.3 is 14.6 Å². The Bertz CT molecular complexity index is 899. The molecule has 0 aliphatic heterocycles. The summed E-state index contributed by atoms with van der Waals surface area (Å²) in [6, 6.07) is 1.20. The molecule has 1 aromatic heterocycles. The fourth-order valence-electron chi connectivity index (χ4n) is 2.43. The summed E-state index contributed by atoms with van der Waals surface area (Å²) in [5.41, 5.74) is -0.652. The first-order valence-corrected chi connectivity index (χ1v) is 9.29. The molecule has 0 fully saturated rings. The Morgan fingerprint density at radius 3 is 2.57 bits per heavy atom. The molecule has 0 unspecified atom stereocenters. The molecule has 1 aromatic rings. The summed E-state index contributed by atoms with van der Waals surface area (Å²) < 4.78 is 29.6. The number of hydrogen-bond donors (Lipinski definition) is 3. The molecule has 0 atom stereocenters. The van der Waals surface area contributed by atoms with Crippen molar-refractivity contribution in [2.24, 2.45) is 0 Å². The number of aryl methyl sites for hydroxylation is 1. The summed E-state index contributed by atoms with van der Waals surface area (Å²) in [6.45, 7) is 3.10. The molecular formula is C21H25F2NO6. The fraction of sp³-hybridized carbons (Fsp3) is 0.381. The second-order valence-corrected chi connectivity index (χ2v) is 6.63. The predicted octanol–water partition coefficient (Wildman–Crippen LogP) is 4.57. The molecule has 0 radical (unpaired) electrons. The first-order chi connectivity index (χ1) is 14.1. The van der Waals surface area contributed by atoms with Crippen molar-refractivity contribution in [3.63, 3.8) is 0 Å². The monoisotopic (exact) mass is 425 g/mol. The zero-order valence-electron chi connectivity index (χ0n) is 16.8. The van der Waals surface area contributed by atoms with Gasteiger partial charge in [-0.3, -0.25) is 10.1 Å². The van der Waals surface area contributed by atoms with Crippen molar-refractivity contribution in [3.8, 4) is 5.75 Å². The number of nitrogens with one attached hydrogen (secondary N) is 1. The maximum Gasteiger partial charge on any atom is 0.408 e. The fourth-order valence-corrected chi connectivity index (χ4v) is 2.43. The number of aromatic hydroxyl groups is 1. The van der Waals surface area contributed by atoms with Crippen LogP contribution in [0.2, 0.25) is 0 Å². The van der Waals surface area contributed by atoms with Crippen molar-refractivity contribution in [2.75, 3.05) is 0 Å². The van der Waals surface area contributed by atoms with E-state index in [9.17, 15) is 28.3 Å². The first-order valence-electron chi connectivity index (χ1n) is 9.29. The molecular weight excluding hydrogens is 400 g/mol. The smallest absolute Gasteiger partial charge is 0.408 e. The van der Waals surface area contributed by atoms with E-state index < -0.39 is 35.2 Å². The van der Waals surface area contributed by atoms with E-state index in [0.29, 0.717) is 24.8 Å². The average Bonchev–Trinajstić information content (AvgIpc) is 2.66. The van der Waals surface area contributed by atoms with Gasteiger partial charge in [0.05, 0.1) is 0 Å². The van der Waals surface area contributed by atoms with E-state index in [2.05, 4.69) is 5.32 Å². The average molecular weight is 425 g/mol. The molecule has 0 saturated carbocycles. The quantitative estimate of drug-likeness (QED) is 0.207. The van der Waals surface area contributed by atoms with Gasteiger partial charge in [0.15, 0.2) is 5.78 Å². The molecule has 30 heavy (non-hydrogen) atoms. The Labute approximate surface area is 172 Å². The summed E-state index contributed by atoms with van der Waals surface area (Å²) >= 11 is 0. The number of rotatable bonds is 11. The van der Waals surface area contributed by atoms with Crippen LogP contribution in [0.3, 0.4) is 0 Å². The van der Waals surface area contributed by atoms with Gasteiger partial charge in [-0.05, 0) is 38.7 Å². The second-order valence-electron chi connectivity index (χ2n) is 6.63. The number of halogens is 2. The first kappa shape index (κ1) is 24.8. The lowest BCUT2D eigenvalue weighted by Gasteiger charge is -2.05. The van der Waals surface area contributed by atoms with E-state index in [1.807, 2.05) is 0 Å². The van der Waals surface area contributed by atoms with E-state index >= 15 is 0 Å². The summed E-state index contributed by atoms with van der Waals surface area (Å²) in [6.07, 6.45) is 3.45. The number of amides is 1. The topological polar surface area (TPSA) is 117 Å². The van der Waals surface area contributed by atoms with Gasteiger partial charge in [0.2, 0.25) is 6.43 Å². The van der Waals surface area contributed by atoms with Gasteiger partial charge in [0.25, 0.3) is 0 Å². The number of carboxylic acid groups (broad SMARTS) is 1. The Morgan fingerprint density at radius 2 is 1.97 bits per heavy atom. The highest BCUT2D eigenvalue weighted by molar-refractivity contribution is 6.09. The normalized spacial score (nSPS) is 12.6. The maximum absolute atomic E-state index is 12.5. The molecule has 164 valence electrons. The van der Waals surface area contributed by atoms with Crippen molar-refractivity contribution >= 4 is 11.9 Å². The zero-order valence-corrected chi connectivity index (χ0v) is 16.8. The molecule has 0 spiro atoms. The second kappa shape index (κ2) is 12.4. The lowest BCUT2D eigenvalue weighted by molar-refractivity contribution is 0.102. The van der Waals surface area contributed by atoms with E-state index in [4.69, 9.17) is 9.52 Å². The van der Waals surface area contributed by atoms with Crippen LogP contribution in [-0.4, -0.2) is 28.5 Å². The molecule has 9 heteroatoms. The number of carbonyl (C=O) groups is 2. The molecule has 1 rings (SSSR count). The minimum atomic E-state index is -2.41. The van der Waals surface area contributed by atoms with Crippen molar-refractivity contribution in [1.29, 1.82) is 0 Å². The number of hydrogen-bond acceptors (Lipinski definition) is 5. The Morgan fingerprint density at radius 1 is 1.27 bits per heavy atom. The van der Waals surface area contributed by atoms with Crippen LogP contribution in [0.1, 0.15) is 55.6 Å². The molecule has 1 heterocycles. The summed E-state index contributed by atoms with van der Waals surface area (Å²) in [5.74, 6) is -1.02. The van der Waals surface area contributed by atoms with Crippen molar-refractivity contribution in [3.05, 3.63) is 63.4 Å². The third-order valence-corrected chi connectivity index (χ3v) is 4.06. The highest BCUT2D eigenvalue weighted by atomic mass is 19.3. The minimum absolute atomic E-state index is 0.151. The number of Topliss-reactive ketones (excluding diaryl/α,β-unsaturated/α-hetero) is 1. The van der Waals surface area contributed by atoms with Crippen LogP contribution in [0.15, 0.2) is 50.9 Å². The van der Waals surface area contributed by atoms with Crippen LogP contribution < -0.4 is 10.9 Å². The van der Waals surface area contributed by atoms with Crippen LogP contribution in [0.25, 0.3) is 0 Å². The zero-order chi connectivity index (χ0) is 22.7. The molecule has 0 aliphatic carbocycles. The van der Waals surface area contributed by atoms with Crippen molar-refractivity contribution in [2.45, 2.75) is 52.4 Å². The standard InChI is InChI=1S/C21H25F2NO6/c1-13(8-10-17(22)23)7-9-14(2)19(26)18-16(25)12-15(30-20(18)27)6-4-3-5-11-24-21(28)29/h5,7,9,11-12,17,24-25H,3-4,6,8,10H2,1-2H3,(H,28,29). The van der Waals surface area contributed by atoms with Crippen molar-refractivity contribution in [1.82, 2.24) is 5.32 Å². The number of alkyl halides is 2. The van der Waals surface area contributed by atoms with Crippen LogP contribution in [0, 0.1) is 0 Å². The molecule has 0 aliphatic rings. The third kappa shape index (κ3) is 8.85. The van der Waals surface area contributed by atoms with Gasteiger partial charge in [0.1, 0.15) is 17.1 Å². The van der Waals surface area contributed by atoms with Gasteiger partial charge in [-0.2, -0.15) is 0 Å². The summed E-state index contributed by atoms with van der Waals surface area (Å²) in [7, 11) is 0. The lowest BCUT2D eigenvalue weighted by atomic mass is 10.0. The van der Waals surface area contributed by atoms with Crippen LogP contribution in [0.4, 0.5) is 13.6 Å². The molecule has 0 aromatic carbocycles.